The fraction of sp³-hybridized carbons (Fsp3) is 0.360. The lowest BCUT2D eigenvalue weighted by atomic mass is 10.00. The summed E-state index contributed by atoms with van der Waals surface area (Å²) < 4.78 is 27.0. The molecule has 4 rings (SSSR count). The van der Waals surface area contributed by atoms with Crippen molar-refractivity contribution in [2.24, 2.45) is 0 Å². The minimum atomic E-state index is -0.567. The van der Waals surface area contributed by atoms with Gasteiger partial charge in [0.25, 0.3) is 0 Å². The summed E-state index contributed by atoms with van der Waals surface area (Å²) in [5.41, 5.74) is 2.56. The number of nitrogens with zero attached hydrogens (tertiary/aromatic N) is 1. The minimum Gasteiger partial charge on any atom is -0.493 e. The van der Waals surface area contributed by atoms with Crippen LogP contribution in [-0.4, -0.2) is 45.5 Å². The van der Waals surface area contributed by atoms with Gasteiger partial charge in [-0.25, -0.2) is 4.79 Å². The van der Waals surface area contributed by atoms with Gasteiger partial charge < -0.3 is 23.4 Å². The number of rotatable bonds is 7. The molecule has 2 aromatic carbocycles. The molecule has 180 valence electrons. The quantitative estimate of drug-likeness (QED) is 0.366. The third-order valence-corrected chi connectivity index (χ3v) is 6.35. The van der Waals surface area contributed by atoms with E-state index in [9.17, 15) is 9.59 Å². The van der Waals surface area contributed by atoms with E-state index in [0.717, 1.165) is 12.0 Å². The molecule has 0 fully saturated rings. The molecular formula is C25H26ClNO7. The Balaban J connectivity index is 1.62. The number of aryl methyl sites for hydroxylation is 1. The maximum Gasteiger partial charge on any atom is 0.340 e. The molecule has 3 aromatic rings. The topological polar surface area (TPSA) is 87.4 Å². The molecule has 2 heterocycles. The first-order valence-corrected chi connectivity index (χ1v) is 11.1. The summed E-state index contributed by atoms with van der Waals surface area (Å²) in [6.45, 7) is 3.33. The highest BCUT2D eigenvalue weighted by atomic mass is 35.5. The summed E-state index contributed by atoms with van der Waals surface area (Å²) in [4.78, 5) is 26.6. The number of hydrogen-bond donors (Lipinski definition) is 0. The normalized spacial score (nSPS) is 13.3. The monoisotopic (exact) mass is 487 g/mol. The molecule has 1 aliphatic heterocycles. The fourth-order valence-corrected chi connectivity index (χ4v) is 4.42. The molecule has 9 heteroatoms. The largest absolute Gasteiger partial charge is 0.493 e. The van der Waals surface area contributed by atoms with Gasteiger partial charge >= 0.3 is 11.6 Å². The van der Waals surface area contributed by atoms with E-state index in [1.807, 2.05) is 18.2 Å². The maximum atomic E-state index is 12.7. The van der Waals surface area contributed by atoms with Gasteiger partial charge in [-0.1, -0.05) is 17.7 Å². The molecule has 0 bridgehead atoms. The summed E-state index contributed by atoms with van der Waals surface area (Å²) in [5.74, 6) is 1.36. The molecular weight excluding hydrogens is 462 g/mol. The highest BCUT2D eigenvalue weighted by Crippen LogP contribution is 2.39. The van der Waals surface area contributed by atoms with Crippen LogP contribution in [0.15, 0.2) is 33.5 Å². The second-order valence-corrected chi connectivity index (χ2v) is 8.46. The lowest BCUT2D eigenvalue weighted by Gasteiger charge is -2.30. The Kier molecular flexibility index (Phi) is 7.00. The van der Waals surface area contributed by atoms with Crippen LogP contribution in [-0.2, 0) is 28.9 Å². The maximum absolute atomic E-state index is 12.7. The Bertz CT molecular complexity index is 1300. The number of hydrogen-bond acceptors (Lipinski definition) is 8. The molecule has 0 saturated heterocycles. The summed E-state index contributed by atoms with van der Waals surface area (Å²) in [6.07, 6.45) is 0.590. The van der Waals surface area contributed by atoms with Crippen molar-refractivity contribution in [2.45, 2.75) is 26.3 Å². The Morgan fingerprint density at radius 3 is 2.62 bits per heavy atom. The number of ether oxygens (including phenoxy) is 4. The SMILES string of the molecule is COC(=O)Cc1c(C)c2cc(Cl)c3c(c2oc1=O)CN(CCc1ccc(OC)c(OC)c1)CO3. The summed E-state index contributed by atoms with van der Waals surface area (Å²) in [6, 6.07) is 7.55. The standard InChI is InChI=1S/C25H26ClNO7/c1-14-16-10-19(26)24-18(23(16)34-25(29)17(14)11-22(28)32-4)12-27(13-33-24)8-7-15-5-6-20(30-2)21(9-15)31-3/h5-6,9-10H,7-8,11-13H2,1-4H3. The number of esters is 1. The van der Waals surface area contributed by atoms with E-state index >= 15 is 0 Å². The number of carbonyl (C=O) groups is 1. The van der Waals surface area contributed by atoms with Crippen LogP contribution in [0.25, 0.3) is 11.0 Å². The number of halogens is 1. The number of fused-ring (bicyclic) bond motifs is 3. The van der Waals surface area contributed by atoms with Gasteiger partial charge in [0.05, 0.1) is 43.9 Å². The fourth-order valence-electron chi connectivity index (χ4n) is 4.15. The van der Waals surface area contributed by atoms with E-state index in [2.05, 4.69) is 4.90 Å². The van der Waals surface area contributed by atoms with Crippen LogP contribution < -0.4 is 19.8 Å². The van der Waals surface area contributed by atoms with Crippen molar-refractivity contribution in [1.82, 2.24) is 4.90 Å². The van der Waals surface area contributed by atoms with Gasteiger partial charge in [0.15, 0.2) is 11.5 Å². The number of methoxy groups -OCH3 is 3. The van der Waals surface area contributed by atoms with Gasteiger partial charge in [-0.2, -0.15) is 0 Å². The average molecular weight is 488 g/mol. The zero-order valence-electron chi connectivity index (χ0n) is 19.5. The van der Waals surface area contributed by atoms with E-state index in [4.69, 9.17) is 35.0 Å². The van der Waals surface area contributed by atoms with Crippen LogP contribution >= 0.6 is 11.6 Å². The van der Waals surface area contributed by atoms with Gasteiger partial charge in [0, 0.05) is 18.5 Å². The van der Waals surface area contributed by atoms with Crippen molar-refractivity contribution >= 4 is 28.5 Å². The molecule has 1 aliphatic rings. The first-order valence-electron chi connectivity index (χ1n) is 10.8. The molecule has 0 N–H and O–H groups in total. The number of benzene rings is 2. The van der Waals surface area contributed by atoms with Gasteiger partial charge in [0.1, 0.15) is 18.1 Å². The Morgan fingerprint density at radius 1 is 1.15 bits per heavy atom. The van der Waals surface area contributed by atoms with Crippen LogP contribution in [0.4, 0.5) is 0 Å². The molecule has 1 aromatic heterocycles. The molecule has 0 unspecified atom stereocenters. The summed E-state index contributed by atoms with van der Waals surface area (Å²) in [5, 5.41) is 1.11. The molecule has 0 atom stereocenters. The Hall–Kier alpha value is -3.23. The predicted octanol–water partition coefficient (Wildman–Crippen LogP) is 3.88. The molecule has 0 aliphatic carbocycles. The van der Waals surface area contributed by atoms with E-state index in [1.165, 1.54) is 7.11 Å². The van der Waals surface area contributed by atoms with Gasteiger partial charge in [-0.15, -0.1) is 0 Å². The molecule has 0 saturated carbocycles. The van der Waals surface area contributed by atoms with Crippen LogP contribution in [0.3, 0.4) is 0 Å². The third kappa shape index (κ3) is 4.56. The Labute approximate surface area is 201 Å². The lowest BCUT2D eigenvalue weighted by Crippen LogP contribution is -2.34. The predicted molar refractivity (Wildman–Crippen MR) is 127 cm³/mol. The summed E-state index contributed by atoms with van der Waals surface area (Å²) in [7, 11) is 4.49. The van der Waals surface area contributed by atoms with Gasteiger partial charge in [0.2, 0.25) is 0 Å². The molecule has 0 amide bonds. The van der Waals surface area contributed by atoms with Crippen molar-refractivity contribution in [3.63, 3.8) is 0 Å². The smallest absolute Gasteiger partial charge is 0.340 e. The minimum absolute atomic E-state index is 0.163. The second kappa shape index (κ2) is 9.95. The third-order valence-electron chi connectivity index (χ3n) is 6.07. The number of carbonyl (C=O) groups excluding carboxylic acids is 1. The van der Waals surface area contributed by atoms with Crippen LogP contribution in [0.5, 0.6) is 17.2 Å². The summed E-state index contributed by atoms with van der Waals surface area (Å²) >= 11 is 6.52. The molecule has 34 heavy (non-hydrogen) atoms. The van der Waals surface area contributed by atoms with Crippen LogP contribution in [0.2, 0.25) is 5.02 Å². The molecule has 0 spiro atoms. The second-order valence-electron chi connectivity index (χ2n) is 8.05. The molecule has 0 radical (unpaired) electrons. The van der Waals surface area contributed by atoms with E-state index in [0.29, 0.717) is 64.2 Å². The zero-order chi connectivity index (χ0) is 24.4. The highest BCUT2D eigenvalue weighted by molar-refractivity contribution is 6.33. The van der Waals surface area contributed by atoms with Crippen LogP contribution in [0, 0.1) is 6.92 Å². The van der Waals surface area contributed by atoms with Crippen molar-refractivity contribution in [1.29, 1.82) is 0 Å². The van der Waals surface area contributed by atoms with Crippen molar-refractivity contribution in [3.05, 3.63) is 62.0 Å². The van der Waals surface area contributed by atoms with Gasteiger partial charge in [-0.3, -0.25) is 9.69 Å². The van der Waals surface area contributed by atoms with Gasteiger partial charge in [-0.05, 0) is 42.7 Å². The zero-order valence-corrected chi connectivity index (χ0v) is 20.3. The first kappa shape index (κ1) is 23.9. The average Bonchev–Trinajstić information content (AvgIpc) is 2.85. The van der Waals surface area contributed by atoms with E-state index < -0.39 is 11.6 Å². The van der Waals surface area contributed by atoms with Crippen molar-refractivity contribution in [2.75, 3.05) is 34.6 Å². The Morgan fingerprint density at radius 2 is 1.91 bits per heavy atom. The lowest BCUT2D eigenvalue weighted by molar-refractivity contribution is -0.139. The van der Waals surface area contributed by atoms with E-state index in [-0.39, 0.29) is 12.0 Å². The van der Waals surface area contributed by atoms with Crippen molar-refractivity contribution in [3.8, 4) is 17.2 Å². The first-order chi connectivity index (χ1) is 16.4. The van der Waals surface area contributed by atoms with E-state index in [1.54, 1.807) is 27.2 Å². The molecule has 8 nitrogen and oxygen atoms in total. The van der Waals surface area contributed by atoms with Crippen LogP contribution in [0.1, 0.15) is 22.3 Å². The highest BCUT2D eigenvalue weighted by Gasteiger charge is 2.26. The van der Waals surface area contributed by atoms with Crippen molar-refractivity contribution < 1.29 is 28.2 Å².